The first-order valence-electron chi connectivity index (χ1n) is 10.9. The lowest BCUT2D eigenvalue weighted by atomic mass is 9.78. The first kappa shape index (κ1) is 24.4. The van der Waals surface area contributed by atoms with Gasteiger partial charge in [0.1, 0.15) is 11.9 Å². The minimum Gasteiger partial charge on any atom is -0.462 e. The van der Waals surface area contributed by atoms with Crippen molar-refractivity contribution in [3.05, 3.63) is 29.8 Å². The van der Waals surface area contributed by atoms with Crippen LogP contribution in [0.1, 0.15) is 84.6 Å². The Hall–Kier alpha value is -1.92. The van der Waals surface area contributed by atoms with Crippen molar-refractivity contribution in [1.29, 1.82) is 0 Å². The molecule has 1 aromatic rings. The second-order valence-corrected chi connectivity index (χ2v) is 9.38. The van der Waals surface area contributed by atoms with Gasteiger partial charge in [-0.3, -0.25) is 9.59 Å². The summed E-state index contributed by atoms with van der Waals surface area (Å²) < 4.78 is 10.8. The van der Waals surface area contributed by atoms with Crippen molar-refractivity contribution in [2.24, 2.45) is 5.92 Å². The third-order valence-corrected chi connectivity index (χ3v) is 5.78. The van der Waals surface area contributed by atoms with Crippen LogP contribution < -0.4 is 4.74 Å². The van der Waals surface area contributed by atoms with E-state index in [4.69, 9.17) is 9.47 Å². The van der Waals surface area contributed by atoms with E-state index in [0.717, 1.165) is 31.2 Å². The summed E-state index contributed by atoms with van der Waals surface area (Å²) in [6, 6.07) is 6.78. The molecular weight excluding hydrogens is 384 g/mol. The van der Waals surface area contributed by atoms with Crippen LogP contribution >= 0.6 is 0 Å². The van der Waals surface area contributed by atoms with Gasteiger partial charge in [-0.05, 0) is 89.8 Å². The average Bonchev–Trinajstić information content (AvgIpc) is 2.65. The highest BCUT2D eigenvalue weighted by molar-refractivity contribution is 5.72. The number of hydrogen-bond acceptors (Lipinski definition) is 6. The Balaban J connectivity index is 1.60. The molecule has 168 valence electrons. The van der Waals surface area contributed by atoms with E-state index in [2.05, 4.69) is 0 Å². The predicted octanol–water partition coefficient (Wildman–Crippen LogP) is 4.25. The third-order valence-electron chi connectivity index (χ3n) is 5.78. The summed E-state index contributed by atoms with van der Waals surface area (Å²) in [6.45, 7) is 7.05. The fraction of sp³-hybridized carbons (Fsp3) is 0.667. The molecule has 6 nitrogen and oxygen atoms in total. The highest BCUT2D eigenvalue weighted by atomic mass is 16.5. The van der Waals surface area contributed by atoms with Crippen molar-refractivity contribution in [1.82, 2.24) is 0 Å². The topological polar surface area (TPSA) is 93.1 Å². The molecule has 0 unspecified atom stereocenters. The van der Waals surface area contributed by atoms with Gasteiger partial charge < -0.3 is 19.7 Å². The molecule has 0 radical (unpaired) electrons. The Labute approximate surface area is 179 Å². The summed E-state index contributed by atoms with van der Waals surface area (Å²) in [6.07, 6.45) is 4.90. The van der Waals surface area contributed by atoms with Gasteiger partial charge in [0.15, 0.2) is 0 Å². The maximum absolute atomic E-state index is 12.0. The number of aliphatic hydroxyl groups is 2. The molecule has 0 saturated heterocycles. The van der Waals surface area contributed by atoms with Gasteiger partial charge in [-0.25, -0.2) is 0 Å². The number of rotatable bonds is 9. The zero-order valence-corrected chi connectivity index (χ0v) is 18.6. The molecule has 0 aliphatic heterocycles. The van der Waals surface area contributed by atoms with Crippen LogP contribution in [0.25, 0.3) is 0 Å². The van der Waals surface area contributed by atoms with E-state index in [1.54, 1.807) is 38.1 Å². The van der Waals surface area contributed by atoms with Gasteiger partial charge in [0.05, 0.1) is 11.2 Å². The SMILES string of the molecule is CC(C)(O)c1ccc(OC(=O)CCCCC(=O)OC2CCC(C(C)(C)O)CC2)cc1. The van der Waals surface area contributed by atoms with E-state index in [1.807, 2.05) is 13.8 Å². The number of benzene rings is 1. The average molecular weight is 421 g/mol. The lowest BCUT2D eigenvalue weighted by molar-refractivity contribution is -0.152. The van der Waals surface area contributed by atoms with Crippen molar-refractivity contribution in [2.45, 2.75) is 96.4 Å². The Morgan fingerprint density at radius 1 is 0.900 bits per heavy atom. The molecule has 0 spiro atoms. The van der Waals surface area contributed by atoms with Crippen molar-refractivity contribution >= 4 is 11.9 Å². The molecule has 0 aromatic heterocycles. The van der Waals surface area contributed by atoms with Crippen LogP contribution in [0.15, 0.2) is 24.3 Å². The first-order chi connectivity index (χ1) is 13.9. The van der Waals surface area contributed by atoms with E-state index in [-0.39, 0.29) is 30.4 Å². The van der Waals surface area contributed by atoms with Crippen LogP contribution in [0.3, 0.4) is 0 Å². The monoisotopic (exact) mass is 420 g/mol. The van der Waals surface area contributed by atoms with Gasteiger partial charge in [0.25, 0.3) is 0 Å². The Morgan fingerprint density at radius 3 is 1.93 bits per heavy atom. The number of esters is 2. The van der Waals surface area contributed by atoms with E-state index >= 15 is 0 Å². The third kappa shape index (κ3) is 8.07. The molecule has 1 fully saturated rings. The largest absolute Gasteiger partial charge is 0.462 e. The summed E-state index contributed by atoms with van der Waals surface area (Å²) in [7, 11) is 0. The zero-order valence-electron chi connectivity index (χ0n) is 18.6. The summed E-state index contributed by atoms with van der Waals surface area (Å²) in [5.74, 6) is 0.125. The summed E-state index contributed by atoms with van der Waals surface area (Å²) >= 11 is 0. The molecule has 30 heavy (non-hydrogen) atoms. The number of unbranched alkanes of at least 4 members (excludes halogenated alkanes) is 1. The predicted molar refractivity (Wildman–Crippen MR) is 114 cm³/mol. The fourth-order valence-electron chi connectivity index (χ4n) is 3.78. The van der Waals surface area contributed by atoms with Crippen molar-refractivity contribution in [3.8, 4) is 5.75 Å². The molecule has 0 atom stereocenters. The van der Waals surface area contributed by atoms with E-state index in [9.17, 15) is 19.8 Å². The van der Waals surface area contributed by atoms with Crippen LogP contribution in [0.2, 0.25) is 0 Å². The number of ether oxygens (including phenoxy) is 2. The van der Waals surface area contributed by atoms with Crippen LogP contribution in [0, 0.1) is 5.92 Å². The molecule has 0 heterocycles. The van der Waals surface area contributed by atoms with E-state index < -0.39 is 11.2 Å². The maximum atomic E-state index is 12.0. The summed E-state index contributed by atoms with van der Waals surface area (Å²) in [5, 5.41) is 20.0. The molecular formula is C24H36O6. The molecule has 1 aliphatic rings. The van der Waals surface area contributed by atoms with Crippen molar-refractivity contribution in [3.63, 3.8) is 0 Å². The molecule has 1 saturated carbocycles. The molecule has 0 amide bonds. The molecule has 2 rings (SSSR count). The lowest BCUT2D eigenvalue weighted by Gasteiger charge is -2.35. The number of carbonyl (C=O) groups excluding carboxylic acids is 2. The van der Waals surface area contributed by atoms with E-state index in [0.29, 0.717) is 25.0 Å². The Morgan fingerprint density at radius 2 is 1.43 bits per heavy atom. The molecule has 0 bridgehead atoms. The second kappa shape index (κ2) is 10.4. The first-order valence-corrected chi connectivity index (χ1v) is 10.9. The van der Waals surface area contributed by atoms with Gasteiger partial charge in [-0.15, -0.1) is 0 Å². The normalized spacial score (nSPS) is 19.9. The van der Waals surface area contributed by atoms with Crippen molar-refractivity contribution in [2.75, 3.05) is 0 Å². The molecule has 1 aromatic carbocycles. The van der Waals surface area contributed by atoms with Gasteiger partial charge in [-0.2, -0.15) is 0 Å². The van der Waals surface area contributed by atoms with Crippen LogP contribution in [-0.4, -0.2) is 33.9 Å². The second-order valence-electron chi connectivity index (χ2n) is 9.38. The number of hydrogen-bond donors (Lipinski definition) is 2. The maximum Gasteiger partial charge on any atom is 0.311 e. The zero-order chi connectivity index (χ0) is 22.4. The Kier molecular flexibility index (Phi) is 8.44. The van der Waals surface area contributed by atoms with Gasteiger partial charge in [0, 0.05) is 12.8 Å². The van der Waals surface area contributed by atoms with Gasteiger partial charge >= 0.3 is 11.9 Å². The Bertz CT molecular complexity index is 688. The van der Waals surface area contributed by atoms with Crippen molar-refractivity contribution < 1.29 is 29.3 Å². The minimum atomic E-state index is -0.939. The quantitative estimate of drug-likeness (QED) is 0.352. The molecule has 6 heteroatoms. The van der Waals surface area contributed by atoms with E-state index in [1.165, 1.54) is 0 Å². The number of carbonyl (C=O) groups is 2. The molecule has 2 N–H and O–H groups in total. The van der Waals surface area contributed by atoms with Crippen LogP contribution in [0.4, 0.5) is 0 Å². The van der Waals surface area contributed by atoms with Gasteiger partial charge in [-0.1, -0.05) is 12.1 Å². The van der Waals surface area contributed by atoms with Gasteiger partial charge in [0.2, 0.25) is 0 Å². The molecule has 1 aliphatic carbocycles. The smallest absolute Gasteiger partial charge is 0.311 e. The van der Waals surface area contributed by atoms with Crippen LogP contribution in [-0.2, 0) is 19.9 Å². The fourth-order valence-corrected chi connectivity index (χ4v) is 3.78. The summed E-state index contributed by atoms with van der Waals surface area (Å²) in [4.78, 5) is 24.0. The highest BCUT2D eigenvalue weighted by Crippen LogP contribution is 2.33. The highest BCUT2D eigenvalue weighted by Gasteiger charge is 2.32. The minimum absolute atomic E-state index is 0.0621. The lowest BCUT2D eigenvalue weighted by Crippen LogP contribution is -2.36. The standard InChI is InChI=1S/C24H36O6/c1-23(2,27)17-9-13-19(14-10-17)29-21(25)7-5-6-8-22(26)30-20-15-11-18(12-16-20)24(3,4)28/h9-10,13-14,18,20,27-28H,5-8,11-12,15-16H2,1-4H3. The van der Waals surface area contributed by atoms with Crippen LogP contribution in [0.5, 0.6) is 5.75 Å². The summed E-state index contributed by atoms with van der Waals surface area (Å²) in [5.41, 5.74) is -0.873.